The van der Waals surface area contributed by atoms with Gasteiger partial charge in [-0.1, -0.05) is 38.8 Å². The minimum absolute atomic E-state index is 0.00773. The lowest BCUT2D eigenvalue weighted by Gasteiger charge is -2.19. The molecule has 3 nitrogen and oxygen atoms in total. The SMILES string of the molecule is CC(Br)C(Br)C(Br)(Br)[N+](=O)[O-]. The zero-order valence-electron chi connectivity index (χ0n) is 5.43. The van der Waals surface area contributed by atoms with Gasteiger partial charge in [0, 0.05) is 36.7 Å². The van der Waals surface area contributed by atoms with Gasteiger partial charge in [0.2, 0.25) is 0 Å². The Kier molecular flexibility index (Phi) is 5.07. The van der Waals surface area contributed by atoms with Crippen molar-refractivity contribution in [3.63, 3.8) is 0 Å². The lowest BCUT2D eigenvalue weighted by molar-refractivity contribution is -0.502. The normalized spacial score (nSPS) is 17.5. The lowest BCUT2D eigenvalue weighted by Crippen LogP contribution is -2.38. The topological polar surface area (TPSA) is 43.1 Å². The maximum absolute atomic E-state index is 10.4. The van der Waals surface area contributed by atoms with Gasteiger partial charge in [-0.25, -0.2) is 0 Å². The Labute approximate surface area is 98.0 Å². The van der Waals surface area contributed by atoms with Crippen LogP contribution in [0.1, 0.15) is 6.92 Å². The third-order valence-corrected chi connectivity index (χ3v) is 6.47. The predicted molar refractivity (Wildman–Crippen MR) is 58.7 cm³/mol. The van der Waals surface area contributed by atoms with Crippen molar-refractivity contribution in [1.82, 2.24) is 0 Å². The average molecular weight is 419 g/mol. The first-order valence-corrected chi connectivity index (χ1v) is 6.02. The summed E-state index contributed by atoms with van der Waals surface area (Å²) in [4.78, 5) is 9.65. The number of hydrogen-bond donors (Lipinski definition) is 0. The molecule has 0 aliphatic carbocycles. The Morgan fingerprint density at radius 3 is 1.91 bits per heavy atom. The average Bonchev–Trinajstić information content (AvgIpc) is 1.85. The molecule has 0 aromatic carbocycles. The van der Waals surface area contributed by atoms with E-state index in [1.807, 2.05) is 6.92 Å². The van der Waals surface area contributed by atoms with E-state index in [-0.39, 0.29) is 9.65 Å². The minimum Gasteiger partial charge on any atom is -0.262 e. The molecule has 0 saturated carbocycles. The smallest absolute Gasteiger partial charge is 0.262 e. The highest BCUT2D eigenvalue weighted by atomic mass is 79.9. The van der Waals surface area contributed by atoms with Crippen molar-refractivity contribution < 1.29 is 4.92 Å². The van der Waals surface area contributed by atoms with Crippen LogP contribution in [0, 0.1) is 10.1 Å². The summed E-state index contributed by atoms with van der Waals surface area (Å²) in [7, 11) is 0. The molecule has 0 amide bonds. The van der Waals surface area contributed by atoms with Crippen LogP contribution in [0.4, 0.5) is 0 Å². The summed E-state index contributed by atoms with van der Waals surface area (Å²) >= 11 is 12.3. The van der Waals surface area contributed by atoms with E-state index in [9.17, 15) is 10.1 Å². The number of nitrogens with zero attached hydrogens (tertiary/aromatic N) is 1. The molecule has 0 heterocycles. The van der Waals surface area contributed by atoms with Crippen LogP contribution in [0.5, 0.6) is 0 Å². The van der Waals surface area contributed by atoms with Gasteiger partial charge in [-0.2, -0.15) is 0 Å². The van der Waals surface area contributed by atoms with Gasteiger partial charge in [-0.3, -0.25) is 10.1 Å². The van der Waals surface area contributed by atoms with Gasteiger partial charge in [0.05, 0.1) is 4.92 Å². The molecule has 7 heteroatoms. The molecular weight excluding hydrogens is 414 g/mol. The molecule has 0 rings (SSSR count). The van der Waals surface area contributed by atoms with Crippen LogP contribution in [0.2, 0.25) is 0 Å². The zero-order chi connectivity index (χ0) is 9.23. The number of halogens is 4. The maximum Gasteiger partial charge on any atom is 0.340 e. The minimum atomic E-state index is -1.30. The number of alkyl halides is 4. The molecule has 0 fully saturated rings. The summed E-state index contributed by atoms with van der Waals surface area (Å²) in [6.07, 6.45) is 0. The van der Waals surface area contributed by atoms with E-state index < -0.39 is 8.28 Å². The van der Waals surface area contributed by atoms with E-state index in [0.717, 1.165) is 0 Å². The van der Waals surface area contributed by atoms with E-state index in [4.69, 9.17) is 0 Å². The predicted octanol–water partition coefficient (Wildman–Crippen LogP) is 3.25. The quantitative estimate of drug-likeness (QED) is 0.306. The summed E-state index contributed by atoms with van der Waals surface area (Å²) in [6.45, 7) is 1.82. The fourth-order valence-corrected chi connectivity index (χ4v) is 2.43. The van der Waals surface area contributed by atoms with Crippen molar-refractivity contribution >= 4 is 63.7 Å². The standard InChI is InChI=1S/C4H5Br4NO2/c1-2(5)3(6)4(7,8)9(10)11/h2-3H,1H3. The first-order chi connectivity index (χ1) is 4.80. The van der Waals surface area contributed by atoms with E-state index >= 15 is 0 Å². The van der Waals surface area contributed by atoms with Crippen molar-refractivity contribution in [2.75, 3.05) is 0 Å². The Morgan fingerprint density at radius 1 is 1.45 bits per heavy atom. The zero-order valence-corrected chi connectivity index (χ0v) is 11.8. The van der Waals surface area contributed by atoms with E-state index in [1.54, 1.807) is 0 Å². The number of nitro groups is 1. The molecule has 66 valence electrons. The van der Waals surface area contributed by atoms with Gasteiger partial charge in [0.1, 0.15) is 4.83 Å². The summed E-state index contributed by atoms with van der Waals surface area (Å²) in [5.74, 6) is 0. The first kappa shape index (κ1) is 12.3. The van der Waals surface area contributed by atoms with Crippen LogP contribution >= 0.6 is 63.7 Å². The van der Waals surface area contributed by atoms with Crippen LogP contribution in [0.15, 0.2) is 0 Å². The molecule has 0 aromatic rings. The van der Waals surface area contributed by atoms with Crippen molar-refractivity contribution in [2.24, 2.45) is 0 Å². The third-order valence-electron chi connectivity index (χ3n) is 0.978. The molecule has 0 saturated heterocycles. The lowest BCUT2D eigenvalue weighted by atomic mass is 10.3. The highest BCUT2D eigenvalue weighted by Gasteiger charge is 2.46. The van der Waals surface area contributed by atoms with Crippen molar-refractivity contribution in [2.45, 2.75) is 19.9 Å². The van der Waals surface area contributed by atoms with Crippen LogP contribution in [0.3, 0.4) is 0 Å². The van der Waals surface area contributed by atoms with Crippen LogP contribution in [-0.2, 0) is 0 Å². The molecule has 0 bridgehead atoms. The van der Waals surface area contributed by atoms with Gasteiger partial charge in [-0.05, 0) is 0 Å². The second-order valence-corrected chi connectivity index (χ2v) is 7.84. The molecule has 0 aliphatic heterocycles. The van der Waals surface area contributed by atoms with Crippen LogP contribution in [0.25, 0.3) is 0 Å². The summed E-state index contributed by atoms with van der Waals surface area (Å²) < 4.78 is -1.30. The van der Waals surface area contributed by atoms with E-state index in [0.29, 0.717) is 0 Å². The van der Waals surface area contributed by atoms with Gasteiger partial charge in [0.15, 0.2) is 0 Å². The van der Waals surface area contributed by atoms with Gasteiger partial charge in [0.25, 0.3) is 0 Å². The molecule has 11 heavy (non-hydrogen) atoms. The largest absolute Gasteiger partial charge is 0.340 e. The Morgan fingerprint density at radius 2 is 1.82 bits per heavy atom. The molecular formula is C4H5Br4NO2. The molecule has 0 aromatic heterocycles. The molecule has 2 atom stereocenters. The third kappa shape index (κ3) is 3.28. The second kappa shape index (κ2) is 4.53. The summed E-state index contributed by atoms with van der Waals surface area (Å²) in [5.41, 5.74) is 0. The summed E-state index contributed by atoms with van der Waals surface area (Å²) in [6, 6.07) is 0. The Balaban J connectivity index is 4.42. The highest BCUT2D eigenvalue weighted by molar-refractivity contribution is 9.26. The van der Waals surface area contributed by atoms with Gasteiger partial charge >= 0.3 is 3.36 Å². The van der Waals surface area contributed by atoms with Crippen molar-refractivity contribution in [1.29, 1.82) is 0 Å². The van der Waals surface area contributed by atoms with E-state index in [2.05, 4.69) is 63.7 Å². The maximum atomic E-state index is 10.4. The van der Waals surface area contributed by atoms with Gasteiger partial charge in [-0.15, -0.1) is 0 Å². The fraction of sp³-hybridized carbons (Fsp3) is 1.00. The van der Waals surface area contributed by atoms with E-state index in [1.165, 1.54) is 0 Å². The Bertz CT molecular complexity index is 160. The van der Waals surface area contributed by atoms with Crippen molar-refractivity contribution in [3.8, 4) is 0 Å². The Hall–Kier alpha value is 1.32. The number of rotatable bonds is 3. The van der Waals surface area contributed by atoms with Crippen LogP contribution < -0.4 is 0 Å². The summed E-state index contributed by atoms with van der Waals surface area (Å²) in [5, 5.41) is 10.4. The van der Waals surface area contributed by atoms with Crippen molar-refractivity contribution in [3.05, 3.63) is 10.1 Å². The van der Waals surface area contributed by atoms with Crippen LogP contribution in [-0.4, -0.2) is 17.9 Å². The fourth-order valence-electron chi connectivity index (χ4n) is 0.377. The molecule has 0 spiro atoms. The highest BCUT2D eigenvalue weighted by Crippen LogP contribution is 2.38. The van der Waals surface area contributed by atoms with Gasteiger partial charge < -0.3 is 0 Å². The molecule has 0 N–H and O–H groups in total. The first-order valence-electron chi connectivity index (χ1n) is 2.60. The second-order valence-electron chi connectivity index (χ2n) is 1.92. The number of hydrogen-bond acceptors (Lipinski definition) is 2. The monoisotopic (exact) mass is 415 g/mol. The molecule has 2 unspecified atom stereocenters. The molecule has 0 radical (unpaired) electrons. The molecule has 0 aliphatic rings.